The fraction of sp³-hybridized carbons (Fsp3) is 0.529. The van der Waals surface area contributed by atoms with E-state index in [-0.39, 0.29) is 18.4 Å². The molecule has 1 aromatic carbocycles. The first kappa shape index (κ1) is 15.9. The molecular weight excluding hydrogens is 302 g/mol. The van der Waals surface area contributed by atoms with Crippen LogP contribution in [0.25, 0.3) is 0 Å². The molecular formula is C17H20F2N2O2. The van der Waals surface area contributed by atoms with Crippen molar-refractivity contribution >= 4 is 17.5 Å². The van der Waals surface area contributed by atoms with Crippen LogP contribution in [0.15, 0.2) is 12.1 Å². The molecule has 2 aliphatic heterocycles. The Morgan fingerprint density at radius 2 is 1.70 bits per heavy atom. The van der Waals surface area contributed by atoms with Crippen molar-refractivity contribution in [2.24, 2.45) is 5.92 Å². The van der Waals surface area contributed by atoms with Crippen LogP contribution in [-0.2, 0) is 9.59 Å². The van der Waals surface area contributed by atoms with Crippen molar-refractivity contribution in [1.82, 2.24) is 5.32 Å². The van der Waals surface area contributed by atoms with E-state index in [9.17, 15) is 18.4 Å². The number of benzene rings is 1. The molecule has 3 rings (SSSR count). The summed E-state index contributed by atoms with van der Waals surface area (Å²) in [6.07, 6.45) is 2.23. The van der Waals surface area contributed by atoms with Crippen LogP contribution in [0.1, 0.15) is 44.1 Å². The van der Waals surface area contributed by atoms with Crippen molar-refractivity contribution < 1.29 is 18.4 Å². The second kappa shape index (κ2) is 6.26. The molecule has 23 heavy (non-hydrogen) atoms. The first-order valence-electron chi connectivity index (χ1n) is 8.03. The highest BCUT2D eigenvalue weighted by Crippen LogP contribution is 2.33. The van der Waals surface area contributed by atoms with Gasteiger partial charge < -0.3 is 4.90 Å². The number of anilines is 1. The number of nitrogens with one attached hydrogen (secondary N) is 1. The Balaban J connectivity index is 1.86. The molecule has 6 heteroatoms. The van der Waals surface area contributed by atoms with Gasteiger partial charge in [-0.1, -0.05) is 6.92 Å². The van der Waals surface area contributed by atoms with Gasteiger partial charge in [-0.3, -0.25) is 14.9 Å². The van der Waals surface area contributed by atoms with Crippen molar-refractivity contribution in [2.75, 3.05) is 18.0 Å². The van der Waals surface area contributed by atoms with Crippen molar-refractivity contribution in [1.29, 1.82) is 0 Å². The molecule has 0 spiro atoms. The lowest BCUT2D eigenvalue weighted by atomic mass is 9.89. The van der Waals surface area contributed by atoms with Gasteiger partial charge in [-0.05, 0) is 37.3 Å². The van der Waals surface area contributed by atoms with E-state index in [2.05, 4.69) is 12.2 Å². The van der Waals surface area contributed by atoms with Crippen LogP contribution in [0.3, 0.4) is 0 Å². The van der Waals surface area contributed by atoms with Crippen molar-refractivity contribution in [3.8, 4) is 0 Å². The van der Waals surface area contributed by atoms with E-state index in [1.54, 1.807) is 0 Å². The van der Waals surface area contributed by atoms with E-state index < -0.39 is 29.4 Å². The molecule has 0 radical (unpaired) electrons. The molecule has 4 nitrogen and oxygen atoms in total. The first-order valence-corrected chi connectivity index (χ1v) is 8.03. The third kappa shape index (κ3) is 3.21. The molecule has 1 aromatic rings. The fourth-order valence-corrected chi connectivity index (χ4v) is 3.32. The summed E-state index contributed by atoms with van der Waals surface area (Å²) in [5.74, 6) is -2.77. The molecule has 124 valence electrons. The maximum Gasteiger partial charge on any atom is 0.234 e. The Morgan fingerprint density at radius 1 is 1.09 bits per heavy atom. The maximum absolute atomic E-state index is 14.5. The standard InChI is InChI=1S/C17H20F2N2O2/c1-10-4-6-21(7-5-10)11-8-13(18)16(14(19)9-11)12-2-3-15(22)20-17(12)23/h8-10,12H,2-7H2,1H3,(H,20,22,23). The zero-order valence-corrected chi connectivity index (χ0v) is 13.1. The van der Waals surface area contributed by atoms with Crippen LogP contribution < -0.4 is 10.2 Å². The van der Waals surface area contributed by atoms with Gasteiger partial charge in [-0.25, -0.2) is 8.78 Å². The average Bonchev–Trinajstić information content (AvgIpc) is 2.49. The Hall–Kier alpha value is -1.98. The maximum atomic E-state index is 14.5. The molecule has 0 aromatic heterocycles. The highest BCUT2D eigenvalue weighted by molar-refractivity contribution is 6.01. The normalized spacial score (nSPS) is 23.1. The molecule has 1 N–H and O–H groups in total. The molecule has 2 amide bonds. The number of nitrogens with zero attached hydrogens (tertiary/aromatic N) is 1. The number of carbonyl (C=O) groups is 2. The lowest BCUT2D eigenvalue weighted by Crippen LogP contribution is -2.40. The summed E-state index contributed by atoms with van der Waals surface area (Å²) in [6, 6.07) is 2.61. The van der Waals surface area contributed by atoms with Gasteiger partial charge in [0.05, 0.1) is 5.92 Å². The molecule has 1 unspecified atom stereocenters. The van der Waals surface area contributed by atoms with Crippen LogP contribution in [0.4, 0.5) is 14.5 Å². The highest BCUT2D eigenvalue weighted by atomic mass is 19.1. The average molecular weight is 322 g/mol. The van der Waals surface area contributed by atoms with Crippen LogP contribution in [0, 0.1) is 17.6 Å². The van der Waals surface area contributed by atoms with E-state index in [4.69, 9.17) is 0 Å². The van der Waals surface area contributed by atoms with Crippen molar-refractivity contribution in [2.45, 2.75) is 38.5 Å². The van der Waals surface area contributed by atoms with Crippen LogP contribution in [0.2, 0.25) is 0 Å². The smallest absolute Gasteiger partial charge is 0.234 e. The Labute approximate surface area is 133 Å². The number of rotatable bonds is 2. The number of carbonyl (C=O) groups excluding carboxylic acids is 2. The molecule has 0 saturated carbocycles. The predicted molar refractivity (Wildman–Crippen MR) is 82.1 cm³/mol. The van der Waals surface area contributed by atoms with Crippen LogP contribution in [0.5, 0.6) is 0 Å². The van der Waals surface area contributed by atoms with E-state index in [0.717, 1.165) is 25.9 Å². The largest absolute Gasteiger partial charge is 0.371 e. The number of piperidine rings is 2. The van der Waals surface area contributed by atoms with Gasteiger partial charge in [-0.15, -0.1) is 0 Å². The Bertz CT molecular complexity index is 616. The second-order valence-corrected chi connectivity index (χ2v) is 6.50. The van der Waals surface area contributed by atoms with Crippen molar-refractivity contribution in [3.05, 3.63) is 29.3 Å². The van der Waals surface area contributed by atoms with E-state index in [1.807, 2.05) is 4.90 Å². The number of hydrogen-bond acceptors (Lipinski definition) is 3. The number of amides is 2. The molecule has 2 aliphatic rings. The lowest BCUT2D eigenvalue weighted by Gasteiger charge is -2.32. The fourth-order valence-electron chi connectivity index (χ4n) is 3.32. The number of halogens is 2. The van der Waals surface area contributed by atoms with Gasteiger partial charge >= 0.3 is 0 Å². The summed E-state index contributed by atoms with van der Waals surface area (Å²) in [5, 5.41) is 2.14. The van der Waals surface area contributed by atoms with E-state index in [1.165, 1.54) is 12.1 Å². The monoisotopic (exact) mass is 322 g/mol. The first-order chi connectivity index (χ1) is 11.0. The molecule has 1 atom stereocenters. The summed E-state index contributed by atoms with van der Waals surface area (Å²) in [5.41, 5.74) is 0.284. The predicted octanol–water partition coefficient (Wildman–Crippen LogP) is 2.72. The van der Waals surface area contributed by atoms with Gasteiger partial charge in [-0.2, -0.15) is 0 Å². The SMILES string of the molecule is CC1CCN(c2cc(F)c(C3CCC(=O)NC3=O)c(F)c2)CC1. The summed E-state index contributed by atoms with van der Waals surface area (Å²) in [6.45, 7) is 3.72. The van der Waals surface area contributed by atoms with E-state index in [0.29, 0.717) is 11.6 Å². The van der Waals surface area contributed by atoms with Crippen LogP contribution >= 0.6 is 0 Å². The molecule has 2 heterocycles. The minimum absolute atomic E-state index is 0.0983. The molecule has 2 fully saturated rings. The van der Waals surface area contributed by atoms with E-state index >= 15 is 0 Å². The third-order valence-electron chi connectivity index (χ3n) is 4.80. The number of hydrogen-bond donors (Lipinski definition) is 1. The second-order valence-electron chi connectivity index (χ2n) is 6.50. The van der Waals surface area contributed by atoms with Crippen molar-refractivity contribution in [3.63, 3.8) is 0 Å². The minimum atomic E-state index is -0.942. The van der Waals surface area contributed by atoms with Gasteiger partial charge in [0.1, 0.15) is 11.6 Å². The Morgan fingerprint density at radius 3 is 2.26 bits per heavy atom. The zero-order chi connectivity index (χ0) is 16.6. The lowest BCUT2D eigenvalue weighted by molar-refractivity contribution is -0.134. The van der Waals surface area contributed by atoms with Crippen LogP contribution in [-0.4, -0.2) is 24.9 Å². The summed E-state index contributed by atoms with van der Waals surface area (Å²) >= 11 is 0. The van der Waals surface area contributed by atoms with Gasteiger partial charge in [0, 0.05) is 30.8 Å². The molecule has 0 bridgehead atoms. The minimum Gasteiger partial charge on any atom is -0.371 e. The molecule has 0 aliphatic carbocycles. The zero-order valence-electron chi connectivity index (χ0n) is 13.1. The topological polar surface area (TPSA) is 49.4 Å². The summed E-state index contributed by atoms with van der Waals surface area (Å²) in [7, 11) is 0. The summed E-state index contributed by atoms with van der Waals surface area (Å²) in [4.78, 5) is 25.0. The van der Waals surface area contributed by atoms with Gasteiger partial charge in [0.2, 0.25) is 11.8 Å². The third-order valence-corrected chi connectivity index (χ3v) is 4.80. The Kier molecular flexibility index (Phi) is 4.33. The summed E-state index contributed by atoms with van der Waals surface area (Å²) < 4.78 is 28.9. The highest BCUT2D eigenvalue weighted by Gasteiger charge is 2.33. The molecule has 2 saturated heterocycles. The van der Waals surface area contributed by atoms with Gasteiger partial charge in [0.25, 0.3) is 0 Å². The van der Waals surface area contributed by atoms with Gasteiger partial charge in [0.15, 0.2) is 0 Å². The number of imide groups is 1. The quantitative estimate of drug-likeness (QED) is 0.852.